The average Bonchev–Trinajstić information content (AvgIpc) is 3.34. The molecular formula is C28H36N4O6S. The van der Waals surface area contributed by atoms with Crippen molar-refractivity contribution in [3.8, 4) is 5.75 Å². The van der Waals surface area contributed by atoms with Crippen LogP contribution in [0.1, 0.15) is 30.4 Å². The van der Waals surface area contributed by atoms with E-state index in [1.807, 2.05) is 29.2 Å². The lowest BCUT2D eigenvalue weighted by atomic mass is 10.0. The molecule has 39 heavy (non-hydrogen) atoms. The molecule has 1 fully saturated rings. The molecule has 3 aromatic rings. The van der Waals surface area contributed by atoms with Gasteiger partial charge in [0.25, 0.3) is 0 Å². The molecule has 4 N–H and O–H groups in total. The number of likely N-dealkylation sites (tertiary alicyclic amines) is 1. The number of phenols is 1. The van der Waals surface area contributed by atoms with E-state index in [-0.39, 0.29) is 29.0 Å². The summed E-state index contributed by atoms with van der Waals surface area (Å²) in [6.45, 7) is 3.49. The molecule has 0 spiro atoms. The molecule has 0 atom stereocenters. The number of hydrogen-bond donors (Lipinski definition) is 4. The van der Waals surface area contributed by atoms with Gasteiger partial charge in [0.2, 0.25) is 5.91 Å². The molecule has 2 heterocycles. The topological polar surface area (TPSA) is 135 Å². The van der Waals surface area contributed by atoms with Crippen LogP contribution in [0.2, 0.25) is 0 Å². The summed E-state index contributed by atoms with van der Waals surface area (Å²) in [5.41, 5.74) is 2.64. The van der Waals surface area contributed by atoms with Crippen LogP contribution in [0.15, 0.2) is 47.3 Å². The highest BCUT2D eigenvalue weighted by molar-refractivity contribution is 7.16. The molecule has 11 heteroatoms. The first-order chi connectivity index (χ1) is 18.9. The largest absolute Gasteiger partial charge is 0.506 e. The third-order valence-electron chi connectivity index (χ3n) is 7.07. The normalized spacial score (nSPS) is 14.1. The van der Waals surface area contributed by atoms with Gasteiger partial charge < -0.3 is 35.1 Å². The standard InChI is InChI=1S/C28H36N4O6S/c33-23-7-6-21(26-25(23)30-27(35)39-26)8-13-29-14-17-32(22-9-15-31(16-10-22)28(36)37)24(34)12-19-38-18-11-20-4-2-1-3-5-20/h1-7,22,29,33H,8-19H2,(H,30,35)(H,36,37). The van der Waals surface area contributed by atoms with Crippen LogP contribution in [0.3, 0.4) is 0 Å². The van der Waals surface area contributed by atoms with Gasteiger partial charge in [0.05, 0.1) is 24.3 Å². The number of aromatic amines is 1. The summed E-state index contributed by atoms with van der Waals surface area (Å²) in [6.07, 6.45) is 2.06. The highest BCUT2D eigenvalue weighted by atomic mass is 32.1. The fourth-order valence-electron chi connectivity index (χ4n) is 4.94. The number of amides is 2. The molecule has 1 aromatic heterocycles. The van der Waals surface area contributed by atoms with E-state index in [9.17, 15) is 24.6 Å². The van der Waals surface area contributed by atoms with Crippen molar-refractivity contribution in [3.05, 3.63) is 63.3 Å². The summed E-state index contributed by atoms with van der Waals surface area (Å²) in [4.78, 5) is 42.0. The number of thiazole rings is 1. The van der Waals surface area contributed by atoms with Crippen molar-refractivity contribution in [2.24, 2.45) is 0 Å². The van der Waals surface area contributed by atoms with Crippen LogP contribution in [0.4, 0.5) is 4.79 Å². The molecule has 0 radical (unpaired) electrons. The van der Waals surface area contributed by atoms with Crippen LogP contribution in [0.25, 0.3) is 10.2 Å². The van der Waals surface area contributed by atoms with Crippen LogP contribution in [-0.2, 0) is 22.4 Å². The Hall–Kier alpha value is -3.41. The molecule has 1 saturated heterocycles. The van der Waals surface area contributed by atoms with Crippen LogP contribution >= 0.6 is 11.3 Å². The number of H-pyrrole nitrogens is 1. The van der Waals surface area contributed by atoms with E-state index in [1.165, 1.54) is 10.5 Å². The molecule has 0 bridgehead atoms. The second kappa shape index (κ2) is 14.1. The molecule has 0 saturated carbocycles. The number of nitrogens with one attached hydrogen (secondary N) is 2. The summed E-state index contributed by atoms with van der Waals surface area (Å²) in [7, 11) is 0. The number of carbonyl (C=O) groups excluding carboxylic acids is 1. The summed E-state index contributed by atoms with van der Waals surface area (Å²) in [5.74, 6) is 0.0785. The Kier molecular flexibility index (Phi) is 10.3. The molecule has 0 aliphatic carbocycles. The third kappa shape index (κ3) is 8.04. The predicted molar refractivity (Wildman–Crippen MR) is 151 cm³/mol. The Morgan fingerprint density at radius 2 is 1.85 bits per heavy atom. The van der Waals surface area contributed by atoms with Gasteiger partial charge >= 0.3 is 11.0 Å². The minimum Gasteiger partial charge on any atom is -0.506 e. The second-order valence-corrected chi connectivity index (χ2v) is 10.6. The van der Waals surface area contributed by atoms with E-state index in [4.69, 9.17) is 4.74 Å². The monoisotopic (exact) mass is 556 g/mol. The van der Waals surface area contributed by atoms with E-state index >= 15 is 0 Å². The summed E-state index contributed by atoms with van der Waals surface area (Å²) in [6, 6.07) is 13.5. The van der Waals surface area contributed by atoms with Crippen molar-refractivity contribution in [2.75, 3.05) is 45.9 Å². The maximum absolute atomic E-state index is 13.2. The zero-order valence-corrected chi connectivity index (χ0v) is 22.8. The molecule has 0 unspecified atom stereocenters. The maximum atomic E-state index is 13.2. The lowest BCUT2D eigenvalue weighted by molar-refractivity contribution is -0.135. The van der Waals surface area contributed by atoms with Crippen molar-refractivity contribution in [1.29, 1.82) is 0 Å². The van der Waals surface area contributed by atoms with Gasteiger partial charge in [-0.25, -0.2) is 4.79 Å². The summed E-state index contributed by atoms with van der Waals surface area (Å²) in [5, 5.41) is 22.7. The Labute approximate surface area is 231 Å². The van der Waals surface area contributed by atoms with E-state index in [1.54, 1.807) is 6.07 Å². The number of nitrogens with zero attached hydrogens (tertiary/aromatic N) is 2. The molecule has 210 valence electrons. The van der Waals surface area contributed by atoms with Gasteiger partial charge in [0.1, 0.15) is 11.3 Å². The van der Waals surface area contributed by atoms with Gasteiger partial charge in [0, 0.05) is 32.2 Å². The minimum absolute atomic E-state index is 0.00641. The zero-order chi connectivity index (χ0) is 27.6. The number of hydrogen-bond acceptors (Lipinski definition) is 7. The first kappa shape index (κ1) is 28.6. The molecule has 10 nitrogen and oxygen atoms in total. The first-order valence-corrected chi connectivity index (χ1v) is 14.2. The number of carbonyl (C=O) groups is 2. The number of benzene rings is 2. The number of aromatic nitrogens is 1. The fraction of sp³-hybridized carbons (Fsp3) is 0.464. The SMILES string of the molecule is O=C(O)N1CCC(N(CCNCCc2ccc(O)c3[nH]c(=O)sc23)C(=O)CCOCCc2ccccc2)CC1. The first-order valence-electron chi connectivity index (χ1n) is 13.4. The van der Waals surface area contributed by atoms with E-state index in [0.717, 1.165) is 28.0 Å². The van der Waals surface area contributed by atoms with Gasteiger partial charge in [0.15, 0.2) is 0 Å². The van der Waals surface area contributed by atoms with Crippen LogP contribution in [-0.4, -0.2) is 89.0 Å². The number of phenolic OH excluding ortho intramolecular Hbond substituents is 1. The number of aromatic hydroxyl groups is 1. The lowest BCUT2D eigenvalue weighted by Gasteiger charge is -2.38. The average molecular weight is 557 g/mol. The number of carboxylic acid groups (broad SMARTS) is 1. The highest BCUT2D eigenvalue weighted by Gasteiger charge is 2.29. The van der Waals surface area contributed by atoms with Crippen molar-refractivity contribution in [1.82, 2.24) is 20.1 Å². The fourth-order valence-corrected chi connectivity index (χ4v) is 5.83. The molecule has 2 aromatic carbocycles. The van der Waals surface area contributed by atoms with Gasteiger partial charge in [-0.15, -0.1) is 0 Å². The smallest absolute Gasteiger partial charge is 0.407 e. The van der Waals surface area contributed by atoms with Crippen LogP contribution in [0.5, 0.6) is 5.75 Å². The van der Waals surface area contributed by atoms with Crippen molar-refractivity contribution in [3.63, 3.8) is 0 Å². The van der Waals surface area contributed by atoms with Crippen molar-refractivity contribution >= 4 is 33.6 Å². The lowest BCUT2D eigenvalue weighted by Crippen LogP contribution is -2.50. The molecule has 1 aliphatic rings. The molecule has 2 amide bonds. The van der Waals surface area contributed by atoms with Crippen LogP contribution < -0.4 is 10.2 Å². The van der Waals surface area contributed by atoms with Crippen LogP contribution in [0, 0.1) is 0 Å². The quantitative estimate of drug-likeness (QED) is 0.238. The molecule has 4 rings (SSSR count). The number of piperidine rings is 1. The van der Waals surface area contributed by atoms with Gasteiger partial charge in [-0.1, -0.05) is 47.7 Å². The predicted octanol–water partition coefficient (Wildman–Crippen LogP) is 3.05. The van der Waals surface area contributed by atoms with E-state index < -0.39 is 6.09 Å². The third-order valence-corrected chi connectivity index (χ3v) is 8.03. The van der Waals surface area contributed by atoms with Gasteiger partial charge in [-0.3, -0.25) is 9.59 Å². The Morgan fingerprint density at radius 3 is 2.59 bits per heavy atom. The Morgan fingerprint density at radius 1 is 1.08 bits per heavy atom. The Balaban J connectivity index is 1.26. The molecule has 1 aliphatic heterocycles. The van der Waals surface area contributed by atoms with E-state index in [2.05, 4.69) is 22.4 Å². The van der Waals surface area contributed by atoms with E-state index in [0.29, 0.717) is 70.7 Å². The maximum Gasteiger partial charge on any atom is 0.407 e. The molecular weight excluding hydrogens is 520 g/mol. The van der Waals surface area contributed by atoms with Gasteiger partial charge in [-0.2, -0.15) is 0 Å². The minimum atomic E-state index is -0.921. The summed E-state index contributed by atoms with van der Waals surface area (Å²) >= 11 is 1.09. The van der Waals surface area contributed by atoms with Crippen molar-refractivity contribution < 1.29 is 24.5 Å². The zero-order valence-electron chi connectivity index (χ0n) is 21.9. The summed E-state index contributed by atoms with van der Waals surface area (Å²) < 4.78 is 6.50. The van der Waals surface area contributed by atoms with Gasteiger partial charge in [-0.05, 0) is 49.4 Å². The van der Waals surface area contributed by atoms with Crippen molar-refractivity contribution in [2.45, 2.75) is 38.1 Å². The Bertz CT molecular complexity index is 1290. The highest BCUT2D eigenvalue weighted by Crippen LogP contribution is 2.27. The number of ether oxygens (including phenoxy) is 1. The second-order valence-electron chi connectivity index (χ2n) is 9.65. The number of rotatable bonds is 13. The number of fused-ring (bicyclic) bond motifs is 1.